The van der Waals surface area contributed by atoms with Crippen LogP contribution in [-0.4, -0.2) is 0 Å². The molecular weight excluding hydrogens is 300 g/mol. The van der Waals surface area contributed by atoms with E-state index in [4.69, 9.17) is 20.8 Å². The van der Waals surface area contributed by atoms with Crippen molar-refractivity contribution >= 4 is 22.6 Å². The quantitative estimate of drug-likeness (QED) is 0.548. The van der Waals surface area contributed by atoms with Gasteiger partial charge in [-0.1, -0.05) is 30.7 Å². The second-order valence-electron chi connectivity index (χ2n) is 5.59. The summed E-state index contributed by atoms with van der Waals surface area (Å²) in [6.07, 6.45) is 0. The van der Waals surface area contributed by atoms with Crippen molar-refractivity contribution in [3.63, 3.8) is 0 Å². The molecule has 2 aromatic carbocycles. The first-order chi connectivity index (χ1) is 10.6. The van der Waals surface area contributed by atoms with Gasteiger partial charge in [-0.15, -0.1) is 0 Å². The molecule has 0 bridgehead atoms. The Morgan fingerprint density at radius 3 is 2.73 bits per heavy atom. The van der Waals surface area contributed by atoms with Gasteiger partial charge in [-0.2, -0.15) is 0 Å². The average Bonchev–Trinajstić information content (AvgIpc) is 2.48. The maximum Gasteiger partial charge on any atom is 0.343 e. The molecule has 1 aliphatic heterocycles. The van der Waals surface area contributed by atoms with Gasteiger partial charge in [-0.3, -0.25) is 0 Å². The molecule has 2 heterocycles. The van der Waals surface area contributed by atoms with E-state index in [2.05, 4.69) is 0 Å². The van der Waals surface area contributed by atoms with Crippen molar-refractivity contribution in [2.45, 2.75) is 19.8 Å². The standard InChI is InChI=1S/C18H13ClO3/c1-9-7-11(19)8-13-10(2)15-17(22-16(9)13)12-5-3-4-6-14(12)21-18(15)20/h3-8,10H,1-2H3. The number of aryl methyl sites for hydroxylation is 1. The molecule has 0 saturated carbocycles. The Morgan fingerprint density at radius 2 is 1.91 bits per heavy atom. The molecule has 4 rings (SSSR count). The first-order valence-corrected chi connectivity index (χ1v) is 7.47. The highest BCUT2D eigenvalue weighted by atomic mass is 35.5. The molecule has 4 heteroatoms. The molecule has 3 nitrogen and oxygen atoms in total. The van der Waals surface area contributed by atoms with E-state index in [1.807, 2.05) is 44.2 Å². The summed E-state index contributed by atoms with van der Waals surface area (Å²) < 4.78 is 11.5. The van der Waals surface area contributed by atoms with E-state index in [0.717, 1.165) is 22.3 Å². The van der Waals surface area contributed by atoms with Crippen molar-refractivity contribution in [2.75, 3.05) is 0 Å². The number of rotatable bonds is 0. The number of para-hydroxylation sites is 1. The highest BCUT2D eigenvalue weighted by Gasteiger charge is 2.31. The second-order valence-corrected chi connectivity index (χ2v) is 6.03. The van der Waals surface area contributed by atoms with Crippen LogP contribution in [0.5, 0.6) is 11.5 Å². The van der Waals surface area contributed by atoms with Crippen molar-refractivity contribution in [1.82, 2.24) is 0 Å². The number of halogens is 1. The monoisotopic (exact) mass is 312 g/mol. The van der Waals surface area contributed by atoms with Gasteiger partial charge in [0.1, 0.15) is 17.1 Å². The summed E-state index contributed by atoms with van der Waals surface area (Å²) in [6.45, 7) is 3.93. The highest BCUT2D eigenvalue weighted by Crippen LogP contribution is 2.47. The van der Waals surface area contributed by atoms with Crippen molar-refractivity contribution < 1.29 is 9.15 Å². The third kappa shape index (κ3) is 1.79. The summed E-state index contributed by atoms with van der Waals surface area (Å²) in [4.78, 5) is 12.4. The zero-order valence-electron chi connectivity index (χ0n) is 12.1. The summed E-state index contributed by atoms with van der Waals surface area (Å²) in [5.74, 6) is 1.24. The maximum atomic E-state index is 12.4. The van der Waals surface area contributed by atoms with Gasteiger partial charge in [0.15, 0.2) is 0 Å². The van der Waals surface area contributed by atoms with Crippen LogP contribution < -0.4 is 10.4 Å². The van der Waals surface area contributed by atoms with Crippen LogP contribution in [-0.2, 0) is 0 Å². The molecule has 3 aromatic rings. The molecule has 0 aliphatic carbocycles. The smallest absolute Gasteiger partial charge is 0.343 e. The van der Waals surface area contributed by atoms with Crippen molar-refractivity contribution in [2.24, 2.45) is 0 Å². The molecule has 0 amide bonds. The van der Waals surface area contributed by atoms with E-state index < -0.39 is 0 Å². The summed E-state index contributed by atoms with van der Waals surface area (Å²) in [5.41, 5.74) is 2.60. The van der Waals surface area contributed by atoms with Gasteiger partial charge < -0.3 is 9.15 Å². The van der Waals surface area contributed by atoms with Crippen molar-refractivity contribution in [1.29, 1.82) is 0 Å². The predicted octanol–water partition coefficient (Wildman–Crippen LogP) is 5.01. The van der Waals surface area contributed by atoms with E-state index in [-0.39, 0.29) is 11.5 Å². The number of hydrogen-bond donors (Lipinski definition) is 0. The average molecular weight is 313 g/mol. The number of hydrogen-bond acceptors (Lipinski definition) is 3. The summed E-state index contributed by atoms with van der Waals surface area (Å²) >= 11 is 6.15. The minimum Gasteiger partial charge on any atom is -0.455 e. The summed E-state index contributed by atoms with van der Waals surface area (Å²) in [7, 11) is 0. The molecule has 1 atom stereocenters. The van der Waals surface area contributed by atoms with Crippen LogP contribution >= 0.6 is 11.6 Å². The van der Waals surface area contributed by atoms with Crippen molar-refractivity contribution in [3.05, 3.63) is 68.5 Å². The Hall–Kier alpha value is -2.26. The second kappa shape index (κ2) is 4.62. The number of ether oxygens (including phenoxy) is 1. The highest BCUT2D eigenvalue weighted by molar-refractivity contribution is 6.30. The zero-order valence-corrected chi connectivity index (χ0v) is 12.9. The zero-order chi connectivity index (χ0) is 15.4. The SMILES string of the molecule is Cc1cc(Cl)cc2c1Oc1c(c(=O)oc3ccccc13)C2C. The van der Waals surface area contributed by atoms with Crippen LogP contribution in [0.3, 0.4) is 0 Å². The predicted molar refractivity (Wildman–Crippen MR) is 86.3 cm³/mol. The van der Waals surface area contributed by atoms with Crippen LogP contribution in [0.2, 0.25) is 5.02 Å². The van der Waals surface area contributed by atoms with Crippen LogP contribution in [0, 0.1) is 6.92 Å². The molecule has 0 spiro atoms. The fraction of sp³-hybridized carbons (Fsp3) is 0.167. The molecule has 110 valence electrons. The molecule has 0 saturated heterocycles. The summed E-state index contributed by atoms with van der Waals surface area (Å²) in [5, 5.41) is 1.45. The first kappa shape index (κ1) is 13.4. The first-order valence-electron chi connectivity index (χ1n) is 7.10. The van der Waals surface area contributed by atoms with Gasteiger partial charge in [-0.25, -0.2) is 4.79 Å². The molecule has 1 unspecified atom stereocenters. The van der Waals surface area contributed by atoms with Crippen LogP contribution in [0.1, 0.15) is 29.5 Å². The van der Waals surface area contributed by atoms with Gasteiger partial charge in [0, 0.05) is 16.5 Å². The molecule has 0 N–H and O–H groups in total. The van der Waals surface area contributed by atoms with E-state index in [0.29, 0.717) is 21.9 Å². The number of fused-ring (bicyclic) bond motifs is 4. The van der Waals surface area contributed by atoms with E-state index >= 15 is 0 Å². The van der Waals surface area contributed by atoms with E-state index in [9.17, 15) is 4.79 Å². The lowest BCUT2D eigenvalue weighted by molar-refractivity contribution is 0.433. The lowest BCUT2D eigenvalue weighted by Gasteiger charge is -2.27. The Labute approximate surface area is 132 Å². The molecule has 1 aromatic heterocycles. The van der Waals surface area contributed by atoms with Gasteiger partial charge in [0.25, 0.3) is 0 Å². The van der Waals surface area contributed by atoms with Crippen LogP contribution in [0.15, 0.2) is 45.6 Å². The summed E-state index contributed by atoms with van der Waals surface area (Å²) in [6, 6.07) is 11.1. The maximum absolute atomic E-state index is 12.4. The van der Waals surface area contributed by atoms with E-state index in [1.54, 1.807) is 6.07 Å². The normalized spacial score (nSPS) is 16.0. The molecule has 22 heavy (non-hydrogen) atoms. The fourth-order valence-corrected chi connectivity index (χ4v) is 3.37. The van der Waals surface area contributed by atoms with Gasteiger partial charge in [-0.05, 0) is 36.8 Å². The van der Waals surface area contributed by atoms with Crippen molar-refractivity contribution in [3.8, 4) is 11.5 Å². The van der Waals surface area contributed by atoms with Gasteiger partial charge >= 0.3 is 5.63 Å². The molecule has 1 aliphatic rings. The Bertz CT molecular complexity index is 972. The molecule has 0 fully saturated rings. The lowest BCUT2D eigenvalue weighted by Crippen LogP contribution is -2.18. The lowest BCUT2D eigenvalue weighted by atomic mass is 9.88. The van der Waals surface area contributed by atoms with Crippen LogP contribution in [0.25, 0.3) is 11.0 Å². The number of benzene rings is 2. The minimum atomic E-state index is -0.357. The minimum absolute atomic E-state index is 0.128. The third-order valence-corrected chi connectivity index (χ3v) is 4.39. The molecular formula is C18H13ClO3. The van der Waals surface area contributed by atoms with Gasteiger partial charge in [0.2, 0.25) is 0 Å². The Morgan fingerprint density at radius 1 is 1.14 bits per heavy atom. The Balaban J connectivity index is 2.09. The topological polar surface area (TPSA) is 39.4 Å². The van der Waals surface area contributed by atoms with Crippen LogP contribution in [0.4, 0.5) is 0 Å². The van der Waals surface area contributed by atoms with Gasteiger partial charge in [0.05, 0.1) is 10.9 Å². The molecule has 0 radical (unpaired) electrons. The Kier molecular flexibility index (Phi) is 2.81. The van der Waals surface area contributed by atoms with E-state index in [1.165, 1.54) is 0 Å². The third-order valence-electron chi connectivity index (χ3n) is 4.17. The largest absolute Gasteiger partial charge is 0.455 e. The fourth-order valence-electron chi connectivity index (χ4n) is 3.09.